The van der Waals surface area contributed by atoms with Gasteiger partial charge in [-0.2, -0.15) is 0 Å². The number of amides is 3. The summed E-state index contributed by atoms with van der Waals surface area (Å²) in [6.07, 6.45) is 1.40. The molecule has 7 heteroatoms. The quantitative estimate of drug-likeness (QED) is 0.514. The monoisotopic (exact) mass is 301 g/mol. The largest absolute Gasteiger partial charge is 0.481 e. The van der Waals surface area contributed by atoms with Gasteiger partial charge in [0.2, 0.25) is 5.91 Å². The van der Waals surface area contributed by atoms with Crippen molar-refractivity contribution in [2.24, 2.45) is 0 Å². The van der Waals surface area contributed by atoms with Gasteiger partial charge in [0.15, 0.2) is 0 Å². The number of hydrogen-bond acceptors (Lipinski definition) is 3. The van der Waals surface area contributed by atoms with E-state index in [1.54, 1.807) is 13.8 Å². The normalized spacial score (nSPS) is 12.4. The Kier molecular flexibility index (Phi) is 8.42. The van der Waals surface area contributed by atoms with E-state index in [0.717, 1.165) is 6.42 Å². The third kappa shape index (κ3) is 10.6. The van der Waals surface area contributed by atoms with E-state index in [9.17, 15) is 14.4 Å². The van der Waals surface area contributed by atoms with Crippen LogP contribution in [0.15, 0.2) is 0 Å². The molecule has 0 aromatic carbocycles. The van der Waals surface area contributed by atoms with Gasteiger partial charge in [-0.1, -0.05) is 6.92 Å². The first-order valence-electron chi connectivity index (χ1n) is 7.23. The Balaban J connectivity index is 3.94. The highest BCUT2D eigenvalue weighted by Gasteiger charge is 2.21. The average molecular weight is 301 g/mol. The summed E-state index contributed by atoms with van der Waals surface area (Å²) in [6.45, 7) is 7.65. The molecule has 0 fully saturated rings. The summed E-state index contributed by atoms with van der Waals surface area (Å²) in [5.41, 5.74) is -0.610. The molecule has 0 rings (SSSR count). The molecule has 0 saturated heterocycles. The zero-order valence-corrected chi connectivity index (χ0v) is 13.3. The fraction of sp³-hybridized carbons (Fsp3) is 0.786. The van der Waals surface area contributed by atoms with Crippen LogP contribution in [0.1, 0.15) is 53.4 Å². The number of carboxylic acids is 1. The lowest BCUT2D eigenvalue weighted by Gasteiger charge is -2.25. The number of urea groups is 1. The first kappa shape index (κ1) is 19.2. The van der Waals surface area contributed by atoms with E-state index < -0.39 is 17.5 Å². The van der Waals surface area contributed by atoms with Crippen LogP contribution in [0.2, 0.25) is 0 Å². The van der Waals surface area contributed by atoms with Crippen LogP contribution in [0.4, 0.5) is 4.79 Å². The molecule has 0 bridgehead atoms. The van der Waals surface area contributed by atoms with Gasteiger partial charge in [0.1, 0.15) is 0 Å². The second-order valence-electron chi connectivity index (χ2n) is 5.79. The molecule has 0 spiro atoms. The fourth-order valence-electron chi connectivity index (χ4n) is 1.57. The van der Waals surface area contributed by atoms with Crippen molar-refractivity contribution in [1.82, 2.24) is 16.0 Å². The molecule has 21 heavy (non-hydrogen) atoms. The van der Waals surface area contributed by atoms with Gasteiger partial charge >= 0.3 is 12.0 Å². The van der Waals surface area contributed by atoms with E-state index >= 15 is 0 Å². The molecular formula is C14H27N3O4. The Morgan fingerprint density at radius 3 is 2.33 bits per heavy atom. The predicted octanol–water partition coefficient (Wildman–Crippen LogP) is 1.23. The Morgan fingerprint density at radius 1 is 1.19 bits per heavy atom. The highest BCUT2D eigenvalue weighted by Crippen LogP contribution is 2.10. The molecule has 0 aliphatic heterocycles. The highest BCUT2D eigenvalue weighted by atomic mass is 16.4. The van der Waals surface area contributed by atoms with Crippen molar-refractivity contribution in [3.05, 3.63) is 0 Å². The Morgan fingerprint density at radius 2 is 1.81 bits per heavy atom. The van der Waals surface area contributed by atoms with E-state index in [2.05, 4.69) is 16.0 Å². The molecule has 1 atom stereocenters. The summed E-state index contributed by atoms with van der Waals surface area (Å²) in [5, 5.41) is 16.7. The summed E-state index contributed by atoms with van der Waals surface area (Å²) >= 11 is 0. The van der Waals surface area contributed by atoms with Gasteiger partial charge in [0.05, 0.1) is 0 Å². The Bertz CT molecular complexity index is 369. The molecule has 0 aromatic heterocycles. The van der Waals surface area contributed by atoms with Gasteiger partial charge in [-0.3, -0.25) is 9.59 Å². The first-order chi connectivity index (χ1) is 9.66. The summed E-state index contributed by atoms with van der Waals surface area (Å²) in [5.74, 6) is -0.998. The van der Waals surface area contributed by atoms with Crippen molar-refractivity contribution in [3.63, 3.8) is 0 Å². The van der Waals surface area contributed by atoms with Crippen molar-refractivity contribution < 1.29 is 19.5 Å². The van der Waals surface area contributed by atoms with Crippen LogP contribution in [0.25, 0.3) is 0 Å². The fourth-order valence-corrected chi connectivity index (χ4v) is 1.57. The van der Waals surface area contributed by atoms with Crippen LogP contribution < -0.4 is 16.0 Å². The van der Waals surface area contributed by atoms with Crippen LogP contribution >= 0.6 is 0 Å². The summed E-state index contributed by atoms with van der Waals surface area (Å²) in [4.78, 5) is 33.7. The Hall–Kier alpha value is -1.79. The molecule has 0 aliphatic rings. The van der Waals surface area contributed by atoms with Gasteiger partial charge < -0.3 is 21.1 Å². The van der Waals surface area contributed by atoms with Crippen LogP contribution in [-0.2, 0) is 9.59 Å². The highest BCUT2D eigenvalue weighted by molar-refractivity contribution is 5.78. The average Bonchev–Trinajstić information content (AvgIpc) is 2.35. The molecule has 0 aromatic rings. The number of rotatable bonds is 9. The number of carbonyl (C=O) groups is 3. The smallest absolute Gasteiger partial charge is 0.315 e. The van der Waals surface area contributed by atoms with E-state index in [4.69, 9.17) is 5.11 Å². The molecule has 4 N–H and O–H groups in total. The minimum absolute atomic E-state index is 0.00933. The van der Waals surface area contributed by atoms with Gasteiger partial charge in [0, 0.05) is 31.0 Å². The lowest BCUT2D eigenvalue weighted by molar-refractivity contribution is -0.137. The standard InChI is InChI=1S/C14H27N3O4/c1-5-10(2)16-11(18)7-9-15-13(21)17-14(3,4)8-6-12(19)20/h10H,5-9H2,1-4H3,(H,16,18)(H,19,20)(H2,15,17,21). The SMILES string of the molecule is CCC(C)NC(=O)CCNC(=O)NC(C)(C)CCC(=O)O. The van der Waals surface area contributed by atoms with Gasteiger partial charge in [-0.25, -0.2) is 4.79 Å². The topological polar surface area (TPSA) is 108 Å². The summed E-state index contributed by atoms with van der Waals surface area (Å²) in [6, 6.07) is -0.275. The van der Waals surface area contributed by atoms with Gasteiger partial charge in [0.25, 0.3) is 0 Å². The second kappa shape index (κ2) is 9.20. The van der Waals surface area contributed by atoms with Crippen molar-refractivity contribution in [1.29, 1.82) is 0 Å². The molecule has 122 valence electrons. The third-order valence-electron chi connectivity index (χ3n) is 3.07. The maximum absolute atomic E-state index is 11.7. The number of hydrogen-bond donors (Lipinski definition) is 4. The second-order valence-corrected chi connectivity index (χ2v) is 5.79. The predicted molar refractivity (Wildman–Crippen MR) is 80.0 cm³/mol. The molecule has 0 heterocycles. The lowest BCUT2D eigenvalue weighted by Crippen LogP contribution is -2.49. The van der Waals surface area contributed by atoms with E-state index in [1.165, 1.54) is 0 Å². The molecule has 0 radical (unpaired) electrons. The van der Waals surface area contributed by atoms with Crippen LogP contribution in [0.3, 0.4) is 0 Å². The molecule has 0 saturated carbocycles. The Labute approximate surface area is 125 Å². The van der Waals surface area contributed by atoms with Crippen LogP contribution in [-0.4, -0.2) is 41.1 Å². The minimum Gasteiger partial charge on any atom is -0.481 e. The van der Waals surface area contributed by atoms with E-state index in [1.807, 2.05) is 13.8 Å². The maximum atomic E-state index is 11.7. The number of aliphatic carboxylic acids is 1. The summed E-state index contributed by atoms with van der Waals surface area (Å²) < 4.78 is 0. The third-order valence-corrected chi connectivity index (χ3v) is 3.07. The zero-order chi connectivity index (χ0) is 16.5. The number of carbonyl (C=O) groups excluding carboxylic acids is 2. The molecule has 0 aliphatic carbocycles. The number of carboxylic acid groups (broad SMARTS) is 1. The minimum atomic E-state index is -0.896. The first-order valence-corrected chi connectivity index (χ1v) is 7.23. The van der Waals surface area contributed by atoms with Gasteiger partial charge in [-0.15, -0.1) is 0 Å². The van der Waals surface area contributed by atoms with Crippen molar-refractivity contribution >= 4 is 17.9 Å². The van der Waals surface area contributed by atoms with Crippen LogP contribution in [0.5, 0.6) is 0 Å². The van der Waals surface area contributed by atoms with Crippen molar-refractivity contribution in [2.75, 3.05) is 6.54 Å². The summed E-state index contributed by atoms with van der Waals surface area (Å²) in [7, 11) is 0. The van der Waals surface area contributed by atoms with Crippen molar-refractivity contribution in [3.8, 4) is 0 Å². The molecule has 7 nitrogen and oxygen atoms in total. The molecule has 1 unspecified atom stereocenters. The lowest BCUT2D eigenvalue weighted by atomic mass is 9.99. The van der Waals surface area contributed by atoms with Crippen molar-refractivity contribution in [2.45, 2.75) is 65.0 Å². The zero-order valence-electron chi connectivity index (χ0n) is 13.3. The van der Waals surface area contributed by atoms with E-state index in [-0.39, 0.29) is 31.3 Å². The van der Waals surface area contributed by atoms with E-state index in [0.29, 0.717) is 6.42 Å². The van der Waals surface area contributed by atoms with Crippen LogP contribution in [0, 0.1) is 0 Å². The maximum Gasteiger partial charge on any atom is 0.315 e. The van der Waals surface area contributed by atoms with Gasteiger partial charge in [-0.05, 0) is 33.6 Å². The molecule has 3 amide bonds. The number of nitrogens with one attached hydrogen (secondary N) is 3. The molecular weight excluding hydrogens is 274 g/mol.